The van der Waals surface area contributed by atoms with Crippen molar-refractivity contribution in [1.29, 1.82) is 0 Å². The van der Waals surface area contributed by atoms with Crippen LogP contribution in [0.25, 0.3) is 0 Å². The van der Waals surface area contributed by atoms with Crippen molar-refractivity contribution < 1.29 is 14.6 Å². The standard InChI is InChI=1S/C20H38O3Si/c1-15(2)13-16-17-7-8-19(20(17,3)10-9-18(16)21)23-14-22-11-12-24(4,5)6/h15,18-19,21H,7-14H2,1-6H3/t18-,19-,20-/m0/s1. The molecule has 4 heteroatoms. The van der Waals surface area contributed by atoms with Crippen LogP contribution in [-0.4, -0.2) is 38.8 Å². The van der Waals surface area contributed by atoms with E-state index < -0.39 is 8.07 Å². The summed E-state index contributed by atoms with van der Waals surface area (Å²) in [5, 5.41) is 10.5. The van der Waals surface area contributed by atoms with E-state index in [1.807, 2.05) is 0 Å². The summed E-state index contributed by atoms with van der Waals surface area (Å²) >= 11 is 0. The quantitative estimate of drug-likeness (QED) is 0.289. The van der Waals surface area contributed by atoms with E-state index in [-0.39, 0.29) is 17.6 Å². The Bertz CT molecular complexity index is 452. The summed E-state index contributed by atoms with van der Waals surface area (Å²) in [6.07, 6.45) is 5.08. The monoisotopic (exact) mass is 354 g/mol. The molecule has 3 nitrogen and oxygen atoms in total. The number of ether oxygens (including phenoxy) is 2. The molecule has 0 aliphatic heterocycles. The first kappa shape index (κ1) is 20.2. The molecular weight excluding hydrogens is 316 g/mol. The number of aliphatic hydroxyl groups excluding tert-OH is 1. The van der Waals surface area contributed by atoms with E-state index in [1.165, 1.54) is 17.2 Å². The maximum Gasteiger partial charge on any atom is 0.147 e. The average molecular weight is 355 g/mol. The Kier molecular flexibility index (Phi) is 6.74. The number of hydrogen-bond acceptors (Lipinski definition) is 3. The topological polar surface area (TPSA) is 38.7 Å². The van der Waals surface area contributed by atoms with Gasteiger partial charge in [-0.15, -0.1) is 0 Å². The fraction of sp³-hybridized carbons (Fsp3) is 0.900. The van der Waals surface area contributed by atoms with Gasteiger partial charge in [-0.25, -0.2) is 0 Å². The Morgan fingerprint density at radius 3 is 2.58 bits per heavy atom. The van der Waals surface area contributed by atoms with Crippen LogP contribution in [0.4, 0.5) is 0 Å². The predicted octanol–water partition coefficient (Wildman–Crippen LogP) is 4.98. The van der Waals surface area contributed by atoms with Crippen LogP contribution in [0.15, 0.2) is 11.1 Å². The minimum Gasteiger partial charge on any atom is -0.389 e. The van der Waals surface area contributed by atoms with Crippen LogP contribution in [0.1, 0.15) is 52.9 Å². The largest absolute Gasteiger partial charge is 0.389 e. The zero-order valence-electron chi connectivity index (χ0n) is 16.7. The predicted molar refractivity (Wildman–Crippen MR) is 103 cm³/mol. The van der Waals surface area contributed by atoms with Crippen molar-refractivity contribution in [3.8, 4) is 0 Å². The van der Waals surface area contributed by atoms with E-state index in [0.717, 1.165) is 38.7 Å². The van der Waals surface area contributed by atoms with Crippen LogP contribution < -0.4 is 0 Å². The summed E-state index contributed by atoms with van der Waals surface area (Å²) in [6.45, 7) is 15.2. The summed E-state index contributed by atoms with van der Waals surface area (Å²) < 4.78 is 11.9. The van der Waals surface area contributed by atoms with E-state index in [1.54, 1.807) is 0 Å². The highest BCUT2D eigenvalue weighted by molar-refractivity contribution is 6.76. The van der Waals surface area contributed by atoms with E-state index in [9.17, 15) is 5.11 Å². The summed E-state index contributed by atoms with van der Waals surface area (Å²) in [5.41, 5.74) is 2.90. The Hall–Kier alpha value is -0.163. The Balaban J connectivity index is 1.94. The lowest BCUT2D eigenvalue weighted by Crippen LogP contribution is -2.37. The Labute approximate surface area is 149 Å². The molecule has 0 bridgehead atoms. The number of rotatable bonds is 8. The molecule has 0 unspecified atom stereocenters. The zero-order chi connectivity index (χ0) is 18.0. The van der Waals surface area contributed by atoms with Crippen molar-refractivity contribution in [1.82, 2.24) is 0 Å². The van der Waals surface area contributed by atoms with Gasteiger partial charge >= 0.3 is 0 Å². The van der Waals surface area contributed by atoms with Crippen molar-refractivity contribution in [3.63, 3.8) is 0 Å². The molecule has 1 fully saturated rings. The van der Waals surface area contributed by atoms with Gasteiger partial charge in [0.05, 0.1) is 12.2 Å². The molecule has 2 rings (SSSR count). The molecule has 0 aromatic carbocycles. The third-order valence-corrected chi connectivity index (χ3v) is 7.46. The lowest BCUT2D eigenvalue weighted by atomic mass is 9.69. The second kappa shape index (κ2) is 8.03. The summed E-state index contributed by atoms with van der Waals surface area (Å²) in [5.74, 6) is 0.592. The van der Waals surface area contributed by atoms with Crippen LogP contribution in [0.5, 0.6) is 0 Å². The normalized spacial score (nSPS) is 31.0. The maximum absolute atomic E-state index is 10.5. The van der Waals surface area contributed by atoms with Gasteiger partial charge in [0, 0.05) is 20.1 Å². The highest BCUT2D eigenvalue weighted by Gasteiger charge is 2.47. The minimum atomic E-state index is -1.03. The van der Waals surface area contributed by atoms with Gasteiger partial charge in [-0.1, -0.05) is 46.0 Å². The van der Waals surface area contributed by atoms with Crippen LogP contribution in [0.2, 0.25) is 25.7 Å². The second-order valence-corrected chi connectivity index (χ2v) is 15.2. The van der Waals surface area contributed by atoms with Gasteiger partial charge in [0.2, 0.25) is 0 Å². The van der Waals surface area contributed by atoms with Crippen molar-refractivity contribution in [3.05, 3.63) is 11.1 Å². The van der Waals surface area contributed by atoms with Gasteiger partial charge < -0.3 is 14.6 Å². The smallest absolute Gasteiger partial charge is 0.147 e. The van der Waals surface area contributed by atoms with Gasteiger partial charge in [0.1, 0.15) is 6.79 Å². The molecule has 0 spiro atoms. The van der Waals surface area contributed by atoms with Gasteiger partial charge in [0.25, 0.3) is 0 Å². The number of hydrogen-bond donors (Lipinski definition) is 1. The summed E-state index contributed by atoms with van der Waals surface area (Å²) in [7, 11) is -1.03. The highest BCUT2D eigenvalue weighted by atomic mass is 28.3. The molecule has 0 saturated heterocycles. The minimum absolute atomic E-state index is 0.103. The fourth-order valence-corrected chi connectivity index (χ4v) is 5.02. The molecule has 0 radical (unpaired) electrons. The molecule has 2 aliphatic rings. The van der Waals surface area contributed by atoms with Crippen LogP contribution >= 0.6 is 0 Å². The molecule has 3 atom stereocenters. The molecule has 24 heavy (non-hydrogen) atoms. The zero-order valence-corrected chi connectivity index (χ0v) is 17.7. The van der Waals surface area contributed by atoms with Crippen molar-refractivity contribution in [2.75, 3.05) is 13.4 Å². The van der Waals surface area contributed by atoms with Gasteiger partial charge in [-0.3, -0.25) is 0 Å². The molecule has 1 saturated carbocycles. The molecule has 0 aromatic rings. The lowest BCUT2D eigenvalue weighted by molar-refractivity contribution is -0.114. The van der Waals surface area contributed by atoms with Crippen LogP contribution in [0, 0.1) is 11.3 Å². The molecule has 0 aromatic heterocycles. The van der Waals surface area contributed by atoms with Crippen LogP contribution in [0.3, 0.4) is 0 Å². The van der Waals surface area contributed by atoms with Crippen molar-refractivity contribution in [2.45, 2.75) is 90.8 Å². The Morgan fingerprint density at radius 1 is 1.25 bits per heavy atom. The molecule has 1 N–H and O–H groups in total. The number of fused-ring (bicyclic) bond motifs is 1. The lowest BCUT2D eigenvalue weighted by Gasteiger charge is -2.40. The first-order valence-corrected chi connectivity index (χ1v) is 13.4. The van der Waals surface area contributed by atoms with Crippen molar-refractivity contribution in [2.24, 2.45) is 11.3 Å². The van der Waals surface area contributed by atoms with E-state index >= 15 is 0 Å². The molecule has 2 aliphatic carbocycles. The van der Waals surface area contributed by atoms with Crippen LogP contribution in [-0.2, 0) is 9.47 Å². The SMILES string of the molecule is CC(C)CC1=C2CC[C@H](OCOCC[Si](C)(C)C)[C@@]2(C)CC[C@@H]1O. The molecule has 140 valence electrons. The first-order valence-electron chi connectivity index (χ1n) is 9.73. The van der Waals surface area contributed by atoms with E-state index in [2.05, 4.69) is 40.4 Å². The summed E-state index contributed by atoms with van der Waals surface area (Å²) in [4.78, 5) is 0. The average Bonchev–Trinajstić information content (AvgIpc) is 2.78. The maximum atomic E-state index is 10.5. The van der Waals surface area contributed by atoms with Gasteiger partial charge in [-0.05, 0) is 49.6 Å². The highest BCUT2D eigenvalue weighted by Crippen LogP contribution is 2.53. The van der Waals surface area contributed by atoms with E-state index in [4.69, 9.17) is 9.47 Å². The number of aliphatic hydroxyl groups is 1. The third kappa shape index (κ3) is 4.93. The summed E-state index contributed by atoms with van der Waals surface area (Å²) in [6, 6.07) is 1.19. The third-order valence-electron chi connectivity index (χ3n) is 5.76. The molecule has 0 heterocycles. The Morgan fingerprint density at radius 2 is 1.96 bits per heavy atom. The molecule has 0 amide bonds. The van der Waals surface area contributed by atoms with Gasteiger partial charge in [-0.2, -0.15) is 0 Å². The fourth-order valence-electron chi connectivity index (χ4n) is 4.26. The van der Waals surface area contributed by atoms with E-state index in [0.29, 0.717) is 12.7 Å². The van der Waals surface area contributed by atoms with Gasteiger partial charge in [0.15, 0.2) is 0 Å². The second-order valence-electron chi connectivity index (χ2n) is 9.60. The van der Waals surface area contributed by atoms with Crippen molar-refractivity contribution >= 4 is 8.07 Å². The first-order chi connectivity index (χ1) is 11.1. The molecular formula is C20H38O3Si.